The zero-order valence-corrected chi connectivity index (χ0v) is 14.7. The first-order valence-corrected chi connectivity index (χ1v) is 8.65. The fourth-order valence-corrected chi connectivity index (χ4v) is 3.60. The topological polar surface area (TPSA) is 56.5 Å². The minimum absolute atomic E-state index is 0.202. The van der Waals surface area contributed by atoms with Gasteiger partial charge in [0.1, 0.15) is 5.75 Å². The van der Waals surface area contributed by atoms with Gasteiger partial charge in [0.2, 0.25) is 4.96 Å². The predicted octanol–water partition coefficient (Wildman–Crippen LogP) is 3.03. The summed E-state index contributed by atoms with van der Waals surface area (Å²) in [4.78, 5) is 17.6. The summed E-state index contributed by atoms with van der Waals surface area (Å²) in [6.07, 6.45) is 1.79. The van der Waals surface area contributed by atoms with Crippen molar-refractivity contribution in [2.45, 2.75) is 0 Å². The van der Waals surface area contributed by atoms with Gasteiger partial charge in [-0.3, -0.25) is 4.79 Å². The molecule has 2 heterocycles. The summed E-state index contributed by atoms with van der Waals surface area (Å²) >= 11 is 7.29. The van der Waals surface area contributed by atoms with E-state index >= 15 is 0 Å². The standard InChI is InChI=1S/C18H12ClN3O2S/c1-24-14-8-3-2-5-11(14)10-15-17(23)22-18(25-15)20-16(21-22)12-6-4-7-13(19)9-12/h2-10H,1H3. The van der Waals surface area contributed by atoms with Crippen molar-refractivity contribution in [3.63, 3.8) is 0 Å². The molecule has 2 aromatic heterocycles. The highest BCUT2D eigenvalue weighted by Crippen LogP contribution is 2.21. The number of ether oxygens (including phenoxy) is 1. The summed E-state index contributed by atoms with van der Waals surface area (Å²) in [6.45, 7) is 0. The molecule has 124 valence electrons. The Kier molecular flexibility index (Phi) is 3.99. The van der Waals surface area contributed by atoms with Crippen molar-refractivity contribution in [1.29, 1.82) is 0 Å². The van der Waals surface area contributed by atoms with Crippen LogP contribution in [-0.2, 0) is 0 Å². The van der Waals surface area contributed by atoms with Gasteiger partial charge in [0.15, 0.2) is 5.82 Å². The lowest BCUT2D eigenvalue weighted by molar-refractivity contribution is 0.414. The van der Waals surface area contributed by atoms with Crippen LogP contribution in [0.15, 0.2) is 53.3 Å². The lowest BCUT2D eigenvalue weighted by Gasteiger charge is -2.02. The summed E-state index contributed by atoms with van der Waals surface area (Å²) in [5.41, 5.74) is 1.41. The molecule has 0 atom stereocenters. The van der Waals surface area contributed by atoms with Crippen molar-refractivity contribution in [2.75, 3.05) is 7.11 Å². The molecule has 0 bridgehead atoms. The Morgan fingerprint density at radius 2 is 2.04 bits per heavy atom. The minimum Gasteiger partial charge on any atom is -0.496 e. The third-order valence-electron chi connectivity index (χ3n) is 3.69. The lowest BCUT2D eigenvalue weighted by Crippen LogP contribution is -2.23. The average molecular weight is 370 g/mol. The van der Waals surface area contributed by atoms with Crippen LogP contribution in [0.3, 0.4) is 0 Å². The Balaban J connectivity index is 1.84. The van der Waals surface area contributed by atoms with Crippen molar-refractivity contribution in [3.8, 4) is 17.1 Å². The summed E-state index contributed by atoms with van der Waals surface area (Å²) < 4.78 is 7.20. The van der Waals surface area contributed by atoms with Gasteiger partial charge in [-0.15, -0.1) is 5.10 Å². The van der Waals surface area contributed by atoms with Gasteiger partial charge in [-0.05, 0) is 24.3 Å². The molecule has 0 saturated carbocycles. The molecule has 0 fully saturated rings. The van der Waals surface area contributed by atoms with Crippen LogP contribution in [-0.4, -0.2) is 21.7 Å². The van der Waals surface area contributed by atoms with Gasteiger partial charge < -0.3 is 4.74 Å². The van der Waals surface area contributed by atoms with Crippen LogP contribution >= 0.6 is 22.9 Å². The largest absolute Gasteiger partial charge is 0.496 e. The molecule has 2 aromatic carbocycles. The molecule has 25 heavy (non-hydrogen) atoms. The van der Waals surface area contributed by atoms with Gasteiger partial charge in [0.25, 0.3) is 5.56 Å². The maximum atomic E-state index is 12.6. The fraction of sp³-hybridized carbons (Fsp3) is 0.0556. The van der Waals surface area contributed by atoms with Gasteiger partial charge in [0, 0.05) is 16.1 Å². The first-order valence-electron chi connectivity index (χ1n) is 7.46. The van der Waals surface area contributed by atoms with Crippen LogP contribution in [0.5, 0.6) is 5.75 Å². The van der Waals surface area contributed by atoms with Crippen LogP contribution in [0.25, 0.3) is 22.4 Å². The first-order chi connectivity index (χ1) is 12.2. The number of halogens is 1. The molecule has 0 aliphatic heterocycles. The summed E-state index contributed by atoms with van der Waals surface area (Å²) in [7, 11) is 1.60. The monoisotopic (exact) mass is 369 g/mol. The van der Waals surface area contributed by atoms with E-state index in [1.807, 2.05) is 36.4 Å². The molecule has 0 aliphatic carbocycles. The zero-order valence-electron chi connectivity index (χ0n) is 13.1. The second kappa shape index (κ2) is 6.31. The summed E-state index contributed by atoms with van der Waals surface area (Å²) in [6, 6.07) is 14.8. The number of thiazole rings is 1. The molecular weight excluding hydrogens is 358 g/mol. The Morgan fingerprint density at radius 1 is 1.20 bits per heavy atom. The highest BCUT2D eigenvalue weighted by molar-refractivity contribution is 7.15. The van der Waals surface area contributed by atoms with E-state index in [0.29, 0.717) is 26.1 Å². The molecule has 4 rings (SSSR count). The zero-order chi connectivity index (χ0) is 17.4. The van der Waals surface area contributed by atoms with E-state index in [2.05, 4.69) is 10.1 Å². The number of hydrogen-bond donors (Lipinski definition) is 0. The average Bonchev–Trinajstić information content (AvgIpc) is 3.16. The molecule has 0 amide bonds. The number of hydrogen-bond acceptors (Lipinski definition) is 5. The quantitative estimate of drug-likeness (QED) is 0.557. The third-order valence-corrected chi connectivity index (χ3v) is 4.88. The highest BCUT2D eigenvalue weighted by Gasteiger charge is 2.12. The number of fused-ring (bicyclic) bond motifs is 1. The molecule has 7 heteroatoms. The van der Waals surface area contributed by atoms with Crippen LogP contribution in [0.1, 0.15) is 5.56 Å². The van der Waals surface area contributed by atoms with E-state index in [0.717, 1.165) is 11.1 Å². The van der Waals surface area contributed by atoms with Crippen molar-refractivity contribution < 1.29 is 4.74 Å². The van der Waals surface area contributed by atoms with Gasteiger partial charge >= 0.3 is 0 Å². The molecule has 5 nitrogen and oxygen atoms in total. The fourth-order valence-electron chi connectivity index (χ4n) is 2.51. The Morgan fingerprint density at radius 3 is 2.80 bits per heavy atom. The Labute approximate surface area is 151 Å². The van der Waals surface area contributed by atoms with Crippen LogP contribution in [0.4, 0.5) is 0 Å². The third kappa shape index (κ3) is 2.90. The molecular formula is C18H12ClN3O2S. The maximum absolute atomic E-state index is 12.6. The van der Waals surface area contributed by atoms with Crippen LogP contribution < -0.4 is 14.8 Å². The van der Waals surface area contributed by atoms with Crippen molar-refractivity contribution >= 4 is 34.0 Å². The van der Waals surface area contributed by atoms with Gasteiger partial charge in [0.05, 0.1) is 11.6 Å². The first kappa shape index (κ1) is 15.8. The number of aromatic nitrogens is 3. The number of para-hydroxylation sites is 1. The number of methoxy groups -OCH3 is 1. The van der Waals surface area contributed by atoms with Gasteiger partial charge in [-0.1, -0.05) is 53.3 Å². The smallest absolute Gasteiger partial charge is 0.291 e. The molecule has 0 N–H and O–H groups in total. The Hall–Kier alpha value is -2.70. The summed E-state index contributed by atoms with van der Waals surface area (Å²) in [5, 5.41) is 4.92. The van der Waals surface area contributed by atoms with E-state index in [9.17, 15) is 4.79 Å². The van der Waals surface area contributed by atoms with Crippen molar-refractivity contribution in [2.24, 2.45) is 0 Å². The number of benzene rings is 2. The minimum atomic E-state index is -0.202. The van der Waals surface area contributed by atoms with Crippen LogP contribution in [0, 0.1) is 0 Å². The lowest BCUT2D eigenvalue weighted by atomic mass is 10.2. The molecule has 0 saturated heterocycles. The number of rotatable bonds is 3. The summed E-state index contributed by atoms with van der Waals surface area (Å²) in [5.74, 6) is 1.19. The van der Waals surface area contributed by atoms with E-state index in [1.54, 1.807) is 25.3 Å². The number of nitrogens with zero attached hydrogens (tertiary/aromatic N) is 3. The second-order valence-electron chi connectivity index (χ2n) is 5.30. The van der Waals surface area contributed by atoms with E-state index < -0.39 is 0 Å². The molecule has 4 aromatic rings. The van der Waals surface area contributed by atoms with Crippen molar-refractivity contribution in [1.82, 2.24) is 14.6 Å². The van der Waals surface area contributed by atoms with E-state index in [1.165, 1.54) is 15.9 Å². The van der Waals surface area contributed by atoms with Crippen molar-refractivity contribution in [3.05, 3.63) is 74.0 Å². The molecule has 0 radical (unpaired) electrons. The van der Waals surface area contributed by atoms with E-state index in [-0.39, 0.29) is 5.56 Å². The SMILES string of the molecule is COc1ccccc1C=c1sc2nc(-c3cccc(Cl)c3)nn2c1=O. The van der Waals surface area contributed by atoms with Gasteiger partial charge in [-0.2, -0.15) is 9.50 Å². The molecule has 0 spiro atoms. The Bertz CT molecular complexity index is 1180. The molecule has 0 unspecified atom stereocenters. The maximum Gasteiger partial charge on any atom is 0.291 e. The van der Waals surface area contributed by atoms with Gasteiger partial charge in [-0.25, -0.2) is 0 Å². The molecule has 0 aliphatic rings. The highest BCUT2D eigenvalue weighted by atomic mass is 35.5. The second-order valence-corrected chi connectivity index (χ2v) is 6.74. The van der Waals surface area contributed by atoms with E-state index in [4.69, 9.17) is 16.3 Å². The normalized spacial score (nSPS) is 12.0. The van der Waals surface area contributed by atoms with Crippen LogP contribution in [0.2, 0.25) is 5.02 Å². The predicted molar refractivity (Wildman–Crippen MR) is 99.4 cm³/mol.